The number of carboxylic acid groups (broad SMARTS) is 1. The van der Waals surface area contributed by atoms with E-state index in [1.54, 1.807) is 12.0 Å². The van der Waals surface area contributed by atoms with Crippen molar-refractivity contribution in [3.63, 3.8) is 0 Å². The highest BCUT2D eigenvalue weighted by molar-refractivity contribution is 5.80. The maximum atomic E-state index is 12.0. The first-order valence-electron chi connectivity index (χ1n) is 6.21. The predicted molar refractivity (Wildman–Crippen MR) is 69.0 cm³/mol. The zero-order valence-corrected chi connectivity index (χ0v) is 10.8. The second-order valence-electron chi connectivity index (χ2n) is 4.79. The van der Waals surface area contributed by atoms with Crippen LogP contribution in [0.3, 0.4) is 0 Å². The molecule has 1 amide bonds. The number of hydrogen-bond acceptors (Lipinski definition) is 3. The average Bonchev–Trinajstić information content (AvgIpc) is 2.33. The molecule has 1 fully saturated rings. The molecule has 5 nitrogen and oxygen atoms in total. The van der Waals surface area contributed by atoms with E-state index >= 15 is 0 Å². The largest absolute Gasteiger partial charge is 0.497 e. The fourth-order valence-corrected chi connectivity index (χ4v) is 2.22. The van der Waals surface area contributed by atoms with Crippen molar-refractivity contribution in [1.29, 1.82) is 0 Å². The second kappa shape index (κ2) is 5.73. The summed E-state index contributed by atoms with van der Waals surface area (Å²) < 4.78 is 5.11. The van der Waals surface area contributed by atoms with Gasteiger partial charge in [0.25, 0.3) is 0 Å². The summed E-state index contributed by atoms with van der Waals surface area (Å²) in [6, 6.07) is 7.41. The molecule has 1 aliphatic rings. The van der Waals surface area contributed by atoms with E-state index in [1.165, 1.54) is 0 Å². The molecule has 0 bridgehead atoms. The molecule has 5 heteroatoms. The maximum Gasteiger partial charge on any atom is 0.303 e. The van der Waals surface area contributed by atoms with E-state index in [4.69, 9.17) is 9.84 Å². The van der Waals surface area contributed by atoms with Gasteiger partial charge in [0.2, 0.25) is 5.91 Å². The van der Waals surface area contributed by atoms with Crippen LogP contribution in [0.4, 0.5) is 0 Å². The van der Waals surface area contributed by atoms with Crippen LogP contribution < -0.4 is 4.74 Å². The number of carbonyl (C=O) groups is 2. The highest BCUT2D eigenvalue weighted by Crippen LogP contribution is 2.21. The molecule has 1 saturated heterocycles. The Labute approximate surface area is 111 Å². The Bertz CT molecular complexity index is 480. The van der Waals surface area contributed by atoms with Crippen LogP contribution in [0, 0.1) is 5.92 Å². The molecule has 0 aliphatic carbocycles. The minimum atomic E-state index is -0.801. The van der Waals surface area contributed by atoms with E-state index in [0.717, 1.165) is 11.3 Å². The second-order valence-corrected chi connectivity index (χ2v) is 4.79. The Morgan fingerprint density at radius 3 is 2.79 bits per heavy atom. The van der Waals surface area contributed by atoms with E-state index in [0.29, 0.717) is 19.5 Å². The van der Waals surface area contributed by atoms with E-state index < -0.39 is 5.97 Å². The van der Waals surface area contributed by atoms with Gasteiger partial charge in [0.15, 0.2) is 0 Å². The third-order valence-electron chi connectivity index (χ3n) is 3.26. The van der Waals surface area contributed by atoms with Gasteiger partial charge in [-0.15, -0.1) is 0 Å². The molecule has 19 heavy (non-hydrogen) atoms. The van der Waals surface area contributed by atoms with Crippen LogP contribution >= 0.6 is 0 Å². The molecule has 0 aromatic heterocycles. The molecule has 1 heterocycles. The summed E-state index contributed by atoms with van der Waals surface area (Å²) in [5.41, 5.74) is 0.908. The molecule has 1 N–H and O–H groups in total. The van der Waals surface area contributed by atoms with Gasteiger partial charge in [0, 0.05) is 19.0 Å². The van der Waals surface area contributed by atoms with E-state index in [-0.39, 0.29) is 18.2 Å². The highest BCUT2D eigenvalue weighted by atomic mass is 16.5. The monoisotopic (exact) mass is 263 g/mol. The number of nitrogens with zero attached hydrogens (tertiary/aromatic N) is 1. The van der Waals surface area contributed by atoms with E-state index in [9.17, 15) is 9.59 Å². The third-order valence-corrected chi connectivity index (χ3v) is 3.26. The highest BCUT2D eigenvalue weighted by Gasteiger charge is 2.31. The summed E-state index contributed by atoms with van der Waals surface area (Å²) in [6.07, 6.45) is 0.472. The lowest BCUT2D eigenvalue weighted by atomic mass is 9.95. The van der Waals surface area contributed by atoms with Crippen molar-refractivity contribution in [3.05, 3.63) is 29.8 Å². The standard InChI is InChI=1S/C14H17NO4/c1-19-12-4-2-3-10(5-12)6-13(16)15-8-11(9-15)7-14(17)18/h2-5,11H,6-9H2,1H3,(H,17,18). The summed E-state index contributed by atoms with van der Waals surface area (Å²) in [4.78, 5) is 24.2. The molecular formula is C14H17NO4. The lowest BCUT2D eigenvalue weighted by Gasteiger charge is -2.38. The van der Waals surface area contributed by atoms with Gasteiger partial charge in [-0.1, -0.05) is 12.1 Å². The van der Waals surface area contributed by atoms with Crippen molar-refractivity contribution in [2.45, 2.75) is 12.8 Å². The van der Waals surface area contributed by atoms with Gasteiger partial charge in [-0.2, -0.15) is 0 Å². The van der Waals surface area contributed by atoms with Crippen molar-refractivity contribution >= 4 is 11.9 Å². The molecule has 1 aromatic rings. The quantitative estimate of drug-likeness (QED) is 0.866. The molecule has 1 aliphatic heterocycles. The first-order valence-corrected chi connectivity index (χ1v) is 6.21. The minimum absolute atomic E-state index is 0.0369. The fourth-order valence-electron chi connectivity index (χ4n) is 2.22. The molecule has 0 radical (unpaired) electrons. The van der Waals surface area contributed by atoms with Crippen molar-refractivity contribution in [2.24, 2.45) is 5.92 Å². The summed E-state index contributed by atoms with van der Waals surface area (Å²) in [6.45, 7) is 1.10. The zero-order chi connectivity index (χ0) is 13.8. The van der Waals surface area contributed by atoms with Gasteiger partial charge in [0.1, 0.15) is 5.75 Å². The molecule has 0 saturated carbocycles. The number of likely N-dealkylation sites (tertiary alicyclic amines) is 1. The zero-order valence-electron chi connectivity index (χ0n) is 10.8. The van der Waals surface area contributed by atoms with Gasteiger partial charge in [0.05, 0.1) is 20.0 Å². The van der Waals surface area contributed by atoms with Gasteiger partial charge >= 0.3 is 5.97 Å². The van der Waals surface area contributed by atoms with Gasteiger partial charge < -0.3 is 14.7 Å². The molecule has 0 spiro atoms. The number of benzene rings is 1. The Balaban J connectivity index is 1.84. The number of hydrogen-bond donors (Lipinski definition) is 1. The fraction of sp³-hybridized carbons (Fsp3) is 0.429. The number of ether oxygens (including phenoxy) is 1. The number of carbonyl (C=O) groups excluding carboxylic acids is 1. The Morgan fingerprint density at radius 2 is 2.16 bits per heavy atom. The smallest absolute Gasteiger partial charge is 0.303 e. The van der Waals surface area contributed by atoms with Crippen LogP contribution in [0.25, 0.3) is 0 Å². The lowest BCUT2D eigenvalue weighted by Crippen LogP contribution is -2.51. The van der Waals surface area contributed by atoms with Crippen molar-refractivity contribution in [1.82, 2.24) is 4.90 Å². The van der Waals surface area contributed by atoms with Gasteiger partial charge in [-0.3, -0.25) is 9.59 Å². The van der Waals surface area contributed by atoms with E-state index in [2.05, 4.69) is 0 Å². The van der Waals surface area contributed by atoms with Crippen LogP contribution in [0.5, 0.6) is 5.75 Å². The Hall–Kier alpha value is -2.04. The molecule has 0 unspecified atom stereocenters. The van der Waals surface area contributed by atoms with Crippen molar-refractivity contribution < 1.29 is 19.4 Å². The summed E-state index contributed by atoms with van der Waals surface area (Å²) in [7, 11) is 1.59. The van der Waals surface area contributed by atoms with Crippen LogP contribution in [0.1, 0.15) is 12.0 Å². The first-order chi connectivity index (χ1) is 9.08. The topological polar surface area (TPSA) is 66.8 Å². The average molecular weight is 263 g/mol. The number of aliphatic carboxylic acids is 1. The predicted octanol–water partition coefficient (Wildman–Crippen LogP) is 1.17. The first kappa shape index (κ1) is 13.4. The maximum absolute atomic E-state index is 12.0. The van der Waals surface area contributed by atoms with Crippen LogP contribution in [-0.2, 0) is 16.0 Å². The Kier molecular flexibility index (Phi) is 4.04. The van der Waals surface area contributed by atoms with E-state index in [1.807, 2.05) is 24.3 Å². The number of rotatable bonds is 5. The molecule has 0 atom stereocenters. The van der Waals surface area contributed by atoms with Crippen LogP contribution in [-0.4, -0.2) is 42.1 Å². The normalized spacial score (nSPS) is 14.9. The number of methoxy groups -OCH3 is 1. The minimum Gasteiger partial charge on any atom is -0.497 e. The lowest BCUT2D eigenvalue weighted by molar-refractivity contribution is -0.144. The van der Waals surface area contributed by atoms with Gasteiger partial charge in [-0.25, -0.2) is 0 Å². The molecule has 102 valence electrons. The van der Waals surface area contributed by atoms with Crippen LogP contribution in [0.2, 0.25) is 0 Å². The van der Waals surface area contributed by atoms with Crippen LogP contribution in [0.15, 0.2) is 24.3 Å². The third kappa shape index (κ3) is 3.47. The molecule has 1 aromatic carbocycles. The number of carboxylic acids is 1. The SMILES string of the molecule is COc1cccc(CC(=O)N2CC(CC(=O)O)C2)c1. The molecular weight excluding hydrogens is 246 g/mol. The summed E-state index contributed by atoms with van der Waals surface area (Å²) in [5, 5.41) is 8.65. The Morgan fingerprint density at radius 1 is 1.42 bits per heavy atom. The van der Waals surface area contributed by atoms with Crippen molar-refractivity contribution in [3.8, 4) is 5.75 Å². The molecule has 2 rings (SSSR count). The summed E-state index contributed by atoms with van der Waals surface area (Å²) >= 11 is 0. The van der Waals surface area contributed by atoms with Gasteiger partial charge in [-0.05, 0) is 17.7 Å². The number of amides is 1. The summed E-state index contributed by atoms with van der Waals surface area (Å²) in [5.74, 6) is 0.0733. The van der Waals surface area contributed by atoms with Crippen molar-refractivity contribution in [2.75, 3.05) is 20.2 Å².